The van der Waals surface area contributed by atoms with Crippen molar-refractivity contribution in [2.75, 3.05) is 12.4 Å². The topological polar surface area (TPSA) is 89.9 Å². The van der Waals surface area contributed by atoms with E-state index in [0.29, 0.717) is 38.5 Å². The van der Waals surface area contributed by atoms with Crippen molar-refractivity contribution in [1.29, 1.82) is 0 Å². The first-order valence-electron chi connectivity index (χ1n) is 11.1. The van der Waals surface area contributed by atoms with Crippen LogP contribution in [0.5, 0.6) is 0 Å². The van der Waals surface area contributed by atoms with Crippen molar-refractivity contribution in [1.82, 2.24) is 19.7 Å². The standard InChI is InChI=1S/C26H25ClN4O3S/c1-5-34-25(33)22-16(3)23(28-17(22)4)21(32)14-35-26-30-29-24(18-10-12-19(27)13-11-18)31(26)20-9-7-6-8-15(20)2/h6-13,28H,5,14H2,1-4H3. The first kappa shape index (κ1) is 24.8. The van der Waals surface area contributed by atoms with Gasteiger partial charge in [-0.3, -0.25) is 9.36 Å². The molecule has 2 aromatic heterocycles. The number of nitrogens with one attached hydrogen (secondary N) is 1. The fourth-order valence-electron chi connectivity index (χ4n) is 3.92. The van der Waals surface area contributed by atoms with Crippen LogP contribution in [0.2, 0.25) is 5.02 Å². The Hall–Kier alpha value is -3.36. The molecular weight excluding hydrogens is 484 g/mol. The van der Waals surface area contributed by atoms with E-state index in [2.05, 4.69) is 15.2 Å². The number of rotatable bonds is 8. The summed E-state index contributed by atoms with van der Waals surface area (Å²) in [6, 6.07) is 15.3. The predicted octanol–water partition coefficient (Wildman–Crippen LogP) is 5.99. The summed E-state index contributed by atoms with van der Waals surface area (Å²) in [7, 11) is 0. The average molecular weight is 509 g/mol. The molecule has 0 unspecified atom stereocenters. The molecule has 0 radical (unpaired) electrons. The number of thioether (sulfide) groups is 1. The third-order valence-electron chi connectivity index (χ3n) is 5.62. The van der Waals surface area contributed by atoms with E-state index in [0.717, 1.165) is 16.8 Å². The van der Waals surface area contributed by atoms with Crippen molar-refractivity contribution in [2.24, 2.45) is 0 Å². The van der Waals surface area contributed by atoms with Gasteiger partial charge in [0.15, 0.2) is 16.8 Å². The van der Waals surface area contributed by atoms with Crippen molar-refractivity contribution in [2.45, 2.75) is 32.9 Å². The van der Waals surface area contributed by atoms with E-state index >= 15 is 0 Å². The smallest absolute Gasteiger partial charge is 0.340 e. The van der Waals surface area contributed by atoms with Gasteiger partial charge in [0.25, 0.3) is 0 Å². The fraction of sp³-hybridized carbons (Fsp3) is 0.231. The molecule has 2 aromatic carbocycles. The minimum absolute atomic E-state index is 0.119. The number of halogens is 1. The van der Waals surface area contributed by atoms with Crippen LogP contribution in [0.3, 0.4) is 0 Å². The number of Topliss-reactive ketones (excluding diaryl/α,β-unsaturated/α-hetero) is 1. The fourth-order valence-corrected chi connectivity index (χ4v) is 4.86. The summed E-state index contributed by atoms with van der Waals surface area (Å²) in [5.41, 5.74) is 4.85. The van der Waals surface area contributed by atoms with Gasteiger partial charge in [-0.15, -0.1) is 10.2 Å². The predicted molar refractivity (Wildman–Crippen MR) is 138 cm³/mol. The summed E-state index contributed by atoms with van der Waals surface area (Å²) in [6.45, 7) is 7.55. The molecule has 1 N–H and O–H groups in total. The van der Waals surface area contributed by atoms with Gasteiger partial charge in [0.05, 0.1) is 29.3 Å². The maximum absolute atomic E-state index is 13.1. The van der Waals surface area contributed by atoms with Gasteiger partial charge in [-0.25, -0.2) is 4.79 Å². The summed E-state index contributed by atoms with van der Waals surface area (Å²) >= 11 is 7.37. The van der Waals surface area contributed by atoms with Gasteiger partial charge in [-0.05, 0) is 69.2 Å². The van der Waals surface area contributed by atoms with Gasteiger partial charge in [-0.2, -0.15) is 0 Å². The van der Waals surface area contributed by atoms with Gasteiger partial charge < -0.3 is 9.72 Å². The Morgan fingerprint density at radius 1 is 1.06 bits per heavy atom. The molecule has 4 rings (SSSR count). The van der Waals surface area contributed by atoms with Gasteiger partial charge in [0.1, 0.15) is 0 Å². The number of ether oxygens (including phenoxy) is 1. The van der Waals surface area contributed by atoms with Gasteiger partial charge in [-0.1, -0.05) is 41.6 Å². The van der Waals surface area contributed by atoms with E-state index in [-0.39, 0.29) is 18.1 Å². The number of carbonyl (C=O) groups excluding carboxylic acids is 2. The van der Waals surface area contributed by atoms with Crippen LogP contribution in [-0.2, 0) is 4.74 Å². The molecule has 0 saturated heterocycles. The molecular formula is C26H25ClN4O3S. The molecule has 0 aliphatic heterocycles. The minimum atomic E-state index is -0.433. The molecule has 0 aliphatic rings. The second kappa shape index (κ2) is 10.5. The van der Waals surface area contributed by atoms with E-state index < -0.39 is 5.97 Å². The number of hydrogen-bond donors (Lipinski definition) is 1. The molecule has 2 heterocycles. The number of benzene rings is 2. The number of para-hydroxylation sites is 1. The van der Waals surface area contributed by atoms with Gasteiger partial charge in [0, 0.05) is 16.3 Å². The number of carbonyl (C=O) groups is 2. The summed E-state index contributed by atoms with van der Waals surface area (Å²) < 4.78 is 7.09. The second-order valence-electron chi connectivity index (χ2n) is 7.99. The minimum Gasteiger partial charge on any atom is -0.462 e. The zero-order chi connectivity index (χ0) is 25.1. The highest BCUT2D eigenvalue weighted by molar-refractivity contribution is 7.99. The highest BCUT2D eigenvalue weighted by Gasteiger charge is 2.24. The third-order valence-corrected chi connectivity index (χ3v) is 6.80. The van der Waals surface area contributed by atoms with Crippen molar-refractivity contribution in [3.63, 3.8) is 0 Å². The molecule has 0 bridgehead atoms. The molecule has 7 nitrogen and oxygen atoms in total. The van der Waals surface area contributed by atoms with Crippen molar-refractivity contribution >= 4 is 35.1 Å². The third kappa shape index (κ3) is 5.04. The SMILES string of the molecule is CCOC(=O)c1c(C)[nH]c(C(=O)CSc2nnc(-c3ccc(Cl)cc3)n2-c2ccccc2C)c1C. The lowest BCUT2D eigenvalue weighted by Crippen LogP contribution is -2.09. The first-order chi connectivity index (χ1) is 16.8. The van der Waals surface area contributed by atoms with Crippen LogP contribution >= 0.6 is 23.4 Å². The zero-order valence-electron chi connectivity index (χ0n) is 19.9. The Morgan fingerprint density at radius 3 is 2.46 bits per heavy atom. The lowest BCUT2D eigenvalue weighted by atomic mass is 10.1. The number of ketones is 1. The average Bonchev–Trinajstić information content (AvgIpc) is 3.38. The molecule has 4 aromatic rings. The largest absolute Gasteiger partial charge is 0.462 e. The van der Waals surface area contributed by atoms with Crippen LogP contribution in [-0.4, -0.2) is 43.9 Å². The van der Waals surface area contributed by atoms with Crippen molar-refractivity contribution < 1.29 is 14.3 Å². The number of aryl methyl sites for hydroxylation is 2. The van der Waals surface area contributed by atoms with Crippen LogP contribution in [0.1, 0.15) is 44.6 Å². The Labute approximate surface area is 212 Å². The maximum atomic E-state index is 13.1. The molecule has 35 heavy (non-hydrogen) atoms. The Balaban J connectivity index is 1.66. The number of aromatic nitrogens is 4. The number of esters is 1. The molecule has 0 amide bonds. The Kier molecular flexibility index (Phi) is 7.42. The summed E-state index contributed by atoms with van der Waals surface area (Å²) in [4.78, 5) is 28.5. The van der Waals surface area contributed by atoms with Crippen LogP contribution in [0.15, 0.2) is 53.7 Å². The Morgan fingerprint density at radius 2 is 1.77 bits per heavy atom. The van der Waals surface area contributed by atoms with E-state index in [1.165, 1.54) is 11.8 Å². The molecule has 0 atom stereocenters. The lowest BCUT2D eigenvalue weighted by molar-refractivity contribution is 0.0525. The van der Waals surface area contributed by atoms with E-state index in [1.54, 1.807) is 20.8 Å². The summed E-state index contributed by atoms with van der Waals surface area (Å²) in [5, 5.41) is 10.1. The molecule has 0 fully saturated rings. The number of aromatic amines is 1. The van der Waals surface area contributed by atoms with E-state index in [1.807, 2.05) is 60.0 Å². The summed E-state index contributed by atoms with van der Waals surface area (Å²) in [5.74, 6) is 0.200. The van der Waals surface area contributed by atoms with Crippen molar-refractivity contribution in [3.8, 4) is 17.1 Å². The summed E-state index contributed by atoms with van der Waals surface area (Å²) in [6.07, 6.45) is 0. The molecule has 9 heteroatoms. The lowest BCUT2D eigenvalue weighted by Gasteiger charge is -2.13. The quantitative estimate of drug-likeness (QED) is 0.178. The molecule has 0 spiro atoms. The maximum Gasteiger partial charge on any atom is 0.340 e. The van der Waals surface area contributed by atoms with Crippen molar-refractivity contribution in [3.05, 3.63) is 81.6 Å². The Bertz CT molecular complexity index is 1390. The first-order valence-corrected chi connectivity index (χ1v) is 12.5. The van der Waals surface area contributed by atoms with Gasteiger partial charge in [0.2, 0.25) is 0 Å². The highest BCUT2D eigenvalue weighted by atomic mass is 35.5. The molecule has 0 saturated carbocycles. The number of H-pyrrole nitrogens is 1. The van der Waals surface area contributed by atoms with Crippen LogP contribution in [0.4, 0.5) is 0 Å². The number of hydrogen-bond acceptors (Lipinski definition) is 6. The molecule has 180 valence electrons. The van der Waals surface area contributed by atoms with E-state index in [4.69, 9.17) is 16.3 Å². The van der Waals surface area contributed by atoms with Crippen LogP contribution in [0.25, 0.3) is 17.1 Å². The van der Waals surface area contributed by atoms with E-state index in [9.17, 15) is 9.59 Å². The zero-order valence-corrected chi connectivity index (χ0v) is 21.5. The highest BCUT2D eigenvalue weighted by Crippen LogP contribution is 2.31. The number of nitrogens with zero attached hydrogens (tertiary/aromatic N) is 3. The van der Waals surface area contributed by atoms with Gasteiger partial charge >= 0.3 is 5.97 Å². The van der Waals surface area contributed by atoms with Crippen LogP contribution in [0, 0.1) is 20.8 Å². The second-order valence-corrected chi connectivity index (χ2v) is 9.37. The van der Waals surface area contributed by atoms with Crippen LogP contribution < -0.4 is 0 Å². The monoisotopic (exact) mass is 508 g/mol. The molecule has 0 aliphatic carbocycles. The normalized spacial score (nSPS) is 11.0.